The number of aromatic nitrogens is 3. The fraction of sp³-hybridized carbons (Fsp3) is 0.400. The first kappa shape index (κ1) is 20.2. The minimum atomic E-state index is -4.20. The molecule has 0 unspecified atom stereocenters. The number of rotatable bonds is 7. The van der Waals surface area contributed by atoms with E-state index >= 15 is 0 Å². The highest BCUT2D eigenvalue weighted by atomic mass is 32.2. The molecule has 1 amide bonds. The smallest absolute Gasteiger partial charge is 0.244 e. The molecule has 142 valence electrons. The lowest BCUT2D eigenvalue weighted by molar-refractivity contribution is -0.123. The van der Waals surface area contributed by atoms with Crippen LogP contribution in [0.25, 0.3) is 0 Å². The Kier molecular flexibility index (Phi) is 6.26. The highest BCUT2D eigenvalue weighted by Crippen LogP contribution is 2.15. The highest BCUT2D eigenvalue weighted by molar-refractivity contribution is 7.89. The van der Waals surface area contributed by atoms with E-state index in [2.05, 4.69) is 20.2 Å². The SMILES string of the molecule is CC(C)[C@H](NS(=O)(=O)c1ccccc1F)C(=O)NCc1n[nH]c(=S)n1C. The highest BCUT2D eigenvalue weighted by Gasteiger charge is 2.29. The number of amides is 1. The van der Waals surface area contributed by atoms with E-state index in [0.29, 0.717) is 10.6 Å². The van der Waals surface area contributed by atoms with Crippen LogP contribution in [0.1, 0.15) is 19.7 Å². The molecule has 2 aromatic rings. The number of nitrogens with one attached hydrogen (secondary N) is 3. The molecule has 1 atom stereocenters. The molecular weight excluding hydrogens is 381 g/mol. The first-order valence-corrected chi connectivity index (χ1v) is 9.67. The Morgan fingerprint density at radius 2 is 2.04 bits per heavy atom. The van der Waals surface area contributed by atoms with Crippen molar-refractivity contribution in [3.05, 3.63) is 40.7 Å². The molecule has 0 saturated heterocycles. The molecule has 0 bridgehead atoms. The van der Waals surface area contributed by atoms with E-state index in [9.17, 15) is 17.6 Å². The maximum absolute atomic E-state index is 13.8. The van der Waals surface area contributed by atoms with Crippen LogP contribution in [-0.4, -0.2) is 35.1 Å². The Morgan fingerprint density at radius 3 is 2.58 bits per heavy atom. The molecule has 3 N–H and O–H groups in total. The number of carbonyl (C=O) groups is 1. The molecule has 8 nitrogen and oxygen atoms in total. The number of hydrogen-bond acceptors (Lipinski definition) is 5. The van der Waals surface area contributed by atoms with Gasteiger partial charge in [0.2, 0.25) is 15.9 Å². The minimum absolute atomic E-state index is 0.0626. The van der Waals surface area contributed by atoms with Crippen LogP contribution in [0.4, 0.5) is 4.39 Å². The Hall–Kier alpha value is -2.11. The standard InChI is InChI=1S/C15H20FN5O3S2/c1-9(2)13(14(22)17-8-12-18-19-15(25)21(12)3)20-26(23,24)11-7-5-4-6-10(11)16/h4-7,9,13,20H,8H2,1-3H3,(H,17,22)(H,19,25)/t13-/m0/s1. The van der Waals surface area contributed by atoms with Crippen molar-refractivity contribution >= 4 is 28.1 Å². The van der Waals surface area contributed by atoms with E-state index in [1.807, 2.05) is 0 Å². The van der Waals surface area contributed by atoms with Crippen molar-refractivity contribution in [2.45, 2.75) is 31.3 Å². The number of halogens is 1. The van der Waals surface area contributed by atoms with Crippen molar-refractivity contribution in [1.29, 1.82) is 0 Å². The fourth-order valence-electron chi connectivity index (χ4n) is 2.20. The van der Waals surface area contributed by atoms with Crippen LogP contribution < -0.4 is 10.0 Å². The van der Waals surface area contributed by atoms with Gasteiger partial charge in [0, 0.05) is 7.05 Å². The number of benzene rings is 1. The van der Waals surface area contributed by atoms with Crippen LogP contribution in [0.2, 0.25) is 0 Å². The molecule has 0 aliphatic rings. The lowest BCUT2D eigenvalue weighted by Gasteiger charge is -2.21. The fourth-order valence-corrected chi connectivity index (χ4v) is 3.77. The molecule has 0 spiro atoms. The summed E-state index contributed by atoms with van der Waals surface area (Å²) in [6.07, 6.45) is 0. The second-order valence-corrected chi connectivity index (χ2v) is 8.06. The Balaban J connectivity index is 2.15. The van der Waals surface area contributed by atoms with Gasteiger partial charge in [-0.3, -0.25) is 9.89 Å². The van der Waals surface area contributed by atoms with Crippen LogP contribution in [0.3, 0.4) is 0 Å². The second kappa shape index (κ2) is 8.06. The molecule has 1 aromatic heterocycles. The number of carbonyl (C=O) groups excluding carboxylic acids is 1. The lowest BCUT2D eigenvalue weighted by Crippen LogP contribution is -2.49. The van der Waals surface area contributed by atoms with Crippen LogP contribution in [0.5, 0.6) is 0 Å². The predicted octanol–water partition coefficient (Wildman–Crippen LogP) is 1.24. The Labute approximate surface area is 155 Å². The average molecular weight is 401 g/mol. The zero-order valence-corrected chi connectivity index (χ0v) is 16.1. The lowest BCUT2D eigenvalue weighted by atomic mass is 10.1. The number of hydrogen-bond donors (Lipinski definition) is 3. The summed E-state index contributed by atoms with van der Waals surface area (Å²) in [6, 6.07) is 3.90. The molecular formula is C15H20FN5O3S2. The topological polar surface area (TPSA) is 109 Å². The molecule has 2 rings (SSSR count). The van der Waals surface area contributed by atoms with Crippen molar-refractivity contribution in [2.24, 2.45) is 13.0 Å². The molecule has 11 heteroatoms. The van der Waals surface area contributed by atoms with Crippen LogP contribution in [0.15, 0.2) is 29.2 Å². The van der Waals surface area contributed by atoms with Gasteiger partial charge in [-0.25, -0.2) is 12.8 Å². The van der Waals surface area contributed by atoms with E-state index in [4.69, 9.17) is 12.2 Å². The molecule has 0 fully saturated rings. The second-order valence-electron chi connectivity index (χ2n) is 6.00. The van der Waals surface area contributed by atoms with Gasteiger partial charge in [-0.1, -0.05) is 26.0 Å². The molecule has 0 aliphatic carbocycles. The maximum atomic E-state index is 13.8. The zero-order chi connectivity index (χ0) is 19.5. The van der Waals surface area contributed by atoms with Gasteiger partial charge in [0.05, 0.1) is 6.54 Å². The molecule has 26 heavy (non-hydrogen) atoms. The summed E-state index contributed by atoms with van der Waals surface area (Å²) in [6.45, 7) is 3.43. The summed E-state index contributed by atoms with van der Waals surface area (Å²) in [7, 11) is -2.51. The third-order valence-corrected chi connectivity index (χ3v) is 5.59. The average Bonchev–Trinajstić information content (AvgIpc) is 2.89. The van der Waals surface area contributed by atoms with Crippen molar-refractivity contribution < 1.29 is 17.6 Å². The van der Waals surface area contributed by atoms with Crippen LogP contribution >= 0.6 is 12.2 Å². The Bertz CT molecular complexity index is 952. The number of H-pyrrole nitrogens is 1. The van der Waals surface area contributed by atoms with Gasteiger partial charge in [0.15, 0.2) is 10.6 Å². The van der Waals surface area contributed by atoms with E-state index in [1.165, 1.54) is 12.1 Å². The third kappa shape index (κ3) is 4.54. The zero-order valence-electron chi connectivity index (χ0n) is 14.5. The summed E-state index contributed by atoms with van der Waals surface area (Å²) in [5.74, 6) is -1.31. The number of sulfonamides is 1. The summed E-state index contributed by atoms with van der Waals surface area (Å²) >= 11 is 4.99. The monoisotopic (exact) mass is 401 g/mol. The van der Waals surface area contributed by atoms with E-state index in [1.54, 1.807) is 25.5 Å². The molecule has 0 radical (unpaired) electrons. The predicted molar refractivity (Wildman–Crippen MR) is 95.6 cm³/mol. The number of aromatic amines is 1. The number of nitrogens with zero attached hydrogens (tertiary/aromatic N) is 2. The first-order valence-electron chi connectivity index (χ1n) is 7.78. The van der Waals surface area contributed by atoms with Gasteiger partial charge < -0.3 is 9.88 Å². The normalized spacial score (nSPS) is 13.0. The van der Waals surface area contributed by atoms with E-state index < -0.39 is 32.7 Å². The van der Waals surface area contributed by atoms with Crippen molar-refractivity contribution in [2.75, 3.05) is 0 Å². The summed E-state index contributed by atoms with van der Waals surface area (Å²) in [5, 5.41) is 9.17. The van der Waals surface area contributed by atoms with Crippen molar-refractivity contribution in [1.82, 2.24) is 24.8 Å². The molecule has 1 aromatic carbocycles. The van der Waals surface area contributed by atoms with Crippen LogP contribution in [-0.2, 0) is 28.4 Å². The van der Waals surface area contributed by atoms with Gasteiger partial charge in [-0.05, 0) is 30.3 Å². The third-order valence-electron chi connectivity index (χ3n) is 3.75. The molecule has 0 saturated carbocycles. The van der Waals surface area contributed by atoms with E-state index in [0.717, 1.165) is 12.1 Å². The van der Waals surface area contributed by atoms with Gasteiger partial charge in [-0.15, -0.1) is 0 Å². The van der Waals surface area contributed by atoms with Gasteiger partial charge in [0.1, 0.15) is 16.8 Å². The Morgan fingerprint density at radius 1 is 1.38 bits per heavy atom. The van der Waals surface area contributed by atoms with Crippen molar-refractivity contribution in [3.8, 4) is 0 Å². The van der Waals surface area contributed by atoms with Crippen LogP contribution in [0, 0.1) is 16.5 Å². The first-order chi connectivity index (χ1) is 12.1. The van der Waals surface area contributed by atoms with Gasteiger partial charge in [-0.2, -0.15) is 9.82 Å². The van der Waals surface area contributed by atoms with Crippen molar-refractivity contribution in [3.63, 3.8) is 0 Å². The summed E-state index contributed by atoms with van der Waals surface area (Å²) < 4.78 is 42.9. The van der Waals surface area contributed by atoms with E-state index in [-0.39, 0.29) is 12.5 Å². The molecule has 1 heterocycles. The summed E-state index contributed by atoms with van der Waals surface area (Å²) in [5.41, 5.74) is 0. The summed E-state index contributed by atoms with van der Waals surface area (Å²) in [4.78, 5) is 12.0. The largest absolute Gasteiger partial charge is 0.347 e. The van der Waals surface area contributed by atoms with Gasteiger partial charge in [0.25, 0.3) is 0 Å². The molecule has 0 aliphatic heterocycles. The van der Waals surface area contributed by atoms with Gasteiger partial charge >= 0.3 is 0 Å². The maximum Gasteiger partial charge on any atom is 0.244 e. The quantitative estimate of drug-likeness (QED) is 0.605. The minimum Gasteiger partial charge on any atom is -0.347 e.